The maximum absolute atomic E-state index is 13.9. The molecule has 4 aromatic carbocycles. The monoisotopic (exact) mass is 528 g/mol. The smallest absolute Gasteiger partial charge is 0.264 e. The van der Waals surface area contributed by atoms with Gasteiger partial charge in [-0.3, -0.25) is 9.10 Å². The first-order chi connectivity index (χ1) is 18.3. The fourth-order valence-corrected chi connectivity index (χ4v) is 5.61. The van der Waals surface area contributed by atoms with Gasteiger partial charge < -0.3 is 10.1 Å². The highest BCUT2D eigenvalue weighted by Crippen LogP contribution is 2.33. The molecule has 4 rings (SSSR count). The fourth-order valence-electron chi connectivity index (χ4n) is 4.18. The molecule has 0 unspecified atom stereocenters. The normalized spacial score (nSPS) is 12.0. The van der Waals surface area contributed by atoms with Gasteiger partial charge in [0.15, 0.2) is 0 Å². The minimum absolute atomic E-state index is 0.0975. The van der Waals surface area contributed by atoms with E-state index >= 15 is 0 Å². The number of benzene rings is 4. The summed E-state index contributed by atoms with van der Waals surface area (Å²) in [5.74, 6) is -0.0574. The lowest BCUT2D eigenvalue weighted by molar-refractivity contribution is -0.120. The van der Waals surface area contributed by atoms with E-state index in [0.717, 1.165) is 26.6 Å². The Kier molecular flexibility index (Phi) is 8.48. The Morgan fingerprint density at radius 1 is 0.789 bits per heavy atom. The van der Waals surface area contributed by atoms with Gasteiger partial charge in [-0.2, -0.15) is 0 Å². The van der Waals surface area contributed by atoms with Crippen molar-refractivity contribution in [1.82, 2.24) is 5.32 Å². The van der Waals surface area contributed by atoms with Gasteiger partial charge in [0.05, 0.1) is 23.2 Å². The van der Waals surface area contributed by atoms with Crippen LogP contribution in [-0.4, -0.2) is 27.5 Å². The number of hydrogen-bond donors (Lipinski definition) is 1. The number of nitrogens with zero attached hydrogens (tertiary/aromatic N) is 1. The Morgan fingerprint density at radius 2 is 1.34 bits per heavy atom. The van der Waals surface area contributed by atoms with E-state index in [2.05, 4.69) is 5.32 Å². The van der Waals surface area contributed by atoms with Crippen molar-refractivity contribution in [2.45, 2.75) is 31.7 Å². The van der Waals surface area contributed by atoms with Gasteiger partial charge in [-0.25, -0.2) is 8.42 Å². The highest BCUT2D eigenvalue weighted by Gasteiger charge is 2.30. The predicted molar refractivity (Wildman–Crippen MR) is 151 cm³/mol. The Balaban J connectivity index is 1.72. The lowest BCUT2D eigenvalue weighted by atomic mass is 9.98. The zero-order valence-electron chi connectivity index (χ0n) is 21.8. The molecule has 1 amide bonds. The molecule has 4 aromatic rings. The molecule has 0 aliphatic carbocycles. The molecule has 6 nitrogen and oxygen atoms in total. The van der Waals surface area contributed by atoms with Crippen LogP contribution in [-0.2, 0) is 14.8 Å². The van der Waals surface area contributed by atoms with E-state index in [9.17, 15) is 13.2 Å². The van der Waals surface area contributed by atoms with Crippen LogP contribution < -0.4 is 14.4 Å². The molecule has 0 aromatic heterocycles. The van der Waals surface area contributed by atoms with Crippen molar-refractivity contribution in [1.29, 1.82) is 0 Å². The van der Waals surface area contributed by atoms with Crippen LogP contribution in [0.5, 0.6) is 5.75 Å². The van der Waals surface area contributed by atoms with E-state index in [0.29, 0.717) is 18.0 Å². The zero-order chi connectivity index (χ0) is 27.1. The predicted octanol–water partition coefficient (Wildman–Crippen LogP) is 5.80. The number of ether oxygens (including phenoxy) is 1. The number of aryl methyl sites for hydroxylation is 2. The van der Waals surface area contributed by atoms with Crippen LogP contribution in [0, 0.1) is 13.8 Å². The standard InChI is InChI=1S/C31H32N2O4S/c1-4-37-29-13-9-8-12-28(29)33(38(35,36)27-20-16-24(3)17-21-27)22-30(34)32-31(25-10-6-5-7-11-25)26-18-14-23(2)15-19-26/h5-21,31H,4,22H2,1-3H3,(H,32,34)/t31-/m1/s1. The van der Waals surface area contributed by atoms with E-state index in [1.807, 2.05) is 75.4 Å². The van der Waals surface area contributed by atoms with Gasteiger partial charge in [0, 0.05) is 0 Å². The number of amides is 1. The molecular formula is C31H32N2O4S. The molecule has 0 aliphatic rings. The Labute approximate surface area is 225 Å². The lowest BCUT2D eigenvalue weighted by Gasteiger charge is -2.27. The van der Waals surface area contributed by atoms with E-state index < -0.39 is 28.5 Å². The second-order valence-corrected chi connectivity index (χ2v) is 10.9. The van der Waals surface area contributed by atoms with Crippen LogP contribution in [0.1, 0.15) is 35.2 Å². The lowest BCUT2D eigenvalue weighted by Crippen LogP contribution is -2.42. The third kappa shape index (κ3) is 6.23. The van der Waals surface area contributed by atoms with Gasteiger partial charge in [0.25, 0.3) is 10.0 Å². The van der Waals surface area contributed by atoms with Crippen molar-refractivity contribution >= 4 is 21.6 Å². The summed E-state index contributed by atoms with van der Waals surface area (Å²) in [5, 5.41) is 3.07. The SMILES string of the molecule is CCOc1ccccc1N(CC(=O)N[C@H](c1ccccc1)c1ccc(C)cc1)S(=O)(=O)c1ccc(C)cc1. The summed E-state index contributed by atoms with van der Waals surface area (Å²) in [4.78, 5) is 13.7. The van der Waals surface area contributed by atoms with E-state index in [1.54, 1.807) is 48.5 Å². The first-order valence-corrected chi connectivity index (χ1v) is 14.0. The molecule has 0 aliphatic heterocycles. The molecule has 0 bridgehead atoms. The van der Waals surface area contributed by atoms with Crippen LogP contribution in [0.2, 0.25) is 0 Å². The Morgan fingerprint density at radius 3 is 1.97 bits per heavy atom. The van der Waals surface area contributed by atoms with Crippen LogP contribution >= 0.6 is 0 Å². The second-order valence-electron chi connectivity index (χ2n) is 9.05. The highest BCUT2D eigenvalue weighted by atomic mass is 32.2. The zero-order valence-corrected chi connectivity index (χ0v) is 22.6. The molecule has 38 heavy (non-hydrogen) atoms. The summed E-state index contributed by atoms with van der Waals surface area (Å²) >= 11 is 0. The van der Waals surface area contributed by atoms with Gasteiger partial charge in [-0.15, -0.1) is 0 Å². The maximum atomic E-state index is 13.9. The van der Waals surface area contributed by atoms with Crippen molar-refractivity contribution in [2.75, 3.05) is 17.5 Å². The van der Waals surface area contributed by atoms with E-state index in [4.69, 9.17) is 4.74 Å². The number of hydrogen-bond acceptors (Lipinski definition) is 4. The van der Waals surface area contributed by atoms with Crippen LogP contribution in [0.15, 0.2) is 108 Å². The summed E-state index contributed by atoms with van der Waals surface area (Å²) in [7, 11) is -4.08. The number of nitrogens with one attached hydrogen (secondary N) is 1. The van der Waals surface area contributed by atoms with E-state index in [1.165, 1.54) is 0 Å². The third-order valence-electron chi connectivity index (χ3n) is 6.18. The highest BCUT2D eigenvalue weighted by molar-refractivity contribution is 7.92. The molecule has 0 heterocycles. The van der Waals surface area contributed by atoms with Gasteiger partial charge in [0.1, 0.15) is 12.3 Å². The van der Waals surface area contributed by atoms with Crippen molar-refractivity contribution in [3.05, 3.63) is 125 Å². The summed E-state index contributed by atoms with van der Waals surface area (Å²) in [6.45, 7) is 5.65. The average Bonchev–Trinajstić information content (AvgIpc) is 2.92. The maximum Gasteiger partial charge on any atom is 0.264 e. The first-order valence-electron chi connectivity index (χ1n) is 12.5. The Hall–Kier alpha value is -4.10. The Bertz CT molecular complexity index is 1470. The van der Waals surface area contributed by atoms with Crippen LogP contribution in [0.4, 0.5) is 5.69 Å². The molecule has 1 N–H and O–H groups in total. The second kappa shape index (κ2) is 12.0. The molecule has 0 saturated carbocycles. The van der Waals surface area contributed by atoms with Crippen molar-refractivity contribution in [2.24, 2.45) is 0 Å². The fraction of sp³-hybridized carbons (Fsp3) is 0.194. The quantitative estimate of drug-likeness (QED) is 0.282. The largest absolute Gasteiger partial charge is 0.492 e. The third-order valence-corrected chi connectivity index (χ3v) is 7.95. The number of para-hydroxylation sites is 2. The number of rotatable bonds is 10. The molecule has 0 saturated heterocycles. The van der Waals surface area contributed by atoms with Crippen molar-refractivity contribution < 1.29 is 17.9 Å². The molecule has 0 spiro atoms. The molecule has 0 fully saturated rings. The minimum atomic E-state index is -4.08. The van der Waals surface area contributed by atoms with E-state index in [-0.39, 0.29) is 4.90 Å². The van der Waals surface area contributed by atoms with Crippen LogP contribution in [0.25, 0.3) is 0 Å². The molecular weight excluding hydrogens is 496 g/mol. The summed E-state index contributed by atoms with van der Waals surface area (Å²) in [6.07, 6.45) is 0. The molecule has 7 heteroatoms. The average molecular weight is 529 g/mol. The summed E-state index contributed by atoms with van der Waals surface area (Å²) < 4.78 is 34.6. The molecule has 196 valence electrons. The topological polar surface area (TPSA) is 75.7 Å². The van der Waals surface area contributed by atoms with Gasteiger partial charge >= 0.3 is 0 Å². The van der Waals surface area contributed by atoms with Crippen molar-refractivity contribution in [3.63, 3.8) is 0 Å². The summed E-state index contributed by atoms with van der Waals surface area (Å²) in [5.41, 5.74) is 4.14. The molecule has 1 atom stereocenters. The number of carbonyl (C=O) groups is 1. The number of anilines is 1. The first kappa shape index (κ1) is 26.9. The van der Waals surface area contributed by atoms with Crippen LogP contribution in [0.3, 0.4) is 0 Å². The van der Waals surface area contributed by atoms with Gasteiger partial charge in [-0.05, 0) is 56.2 Å². The minimum Gasteiger partial charge on any atom is -0.492 e. The molecule has 0 radical (unpaired) electrons. The van der Waals surface area contributed by atoms with Crippen molar-refractivity contribution in [3.8, 4) is 5.75 Å². The number of carbonyl (C=O) groups excluding carboxylic acids is 1. The van der Waals surface area contributed by atoms with Gasteiger partial charge in [0.2, 0.25) is 5.91 Å². The summed E-state index contributed by atoms with van der Waals surface area (Å²) in [6, 6.07) is 30.5. The number of sulfonamides is 1. The van der Waals surface area contributed by atoms with Gasteiger partial charge in [-0.1, -0.05) is 90.0 Å².